The molecule has 0 radical (unpaired) electrons. The van der Waals surface area contributed by atoms with Gasteiger partial charge in [0, 0.05) is 18.9 Å². The van der Waals surface area contributed by atoms with Gasteiger partial charge in [-0.1, -0.05) is 33.1 Å². The van der Waals surface area contributed by atoms with Gasteiger partial charge in [0.2, 0.25) is 5.88 Å². The summed E-state index contributed by atoms with van der Waals surface area (Å²) < 4.78 is 0. The van der Waals surface area contributed by atoms with Crippen molar-refractivity contribution >= 4 is 6.21 Å². The smallest absolute Gasteiger partial charge is 0.234 e. The van der Waals surface area contributed by atoms with Crippen molar-refractivity contribution < 1.29 is 10.2 Å². The van der Waals surface area contributed by atoms with E-state index in [1.165, 1.54) is 6.21 Å². The van der Waals surface area contributed by atoms with E-state index in [4.69, 9.17) is 0 Å². The summed E-state index contributed by atoms with van der Waals surface area (Å²) in [5.41, 5.74) is 0.656. The van der Waals surface area contributed by atoms with Crippen molar-refractivity contribution in [2.75, 3.05) is 6.54 Å². The number of rotatable bonds is 7. The number of aliphatic hydroxyl groups is 2. The molecule has 2 heterocycles. The Morgan fingerprint density at radius 3 is 2.73 bits per heavy atom. The third-order valence-electron chi connectivity index (χ3n) is 3.98. The molecule has 1 aliphatic rings. The zero-order valence-electron chi connectivity index (χ0n) is 13.2. The summed E-state index contributed by atoms with van der Waals surface area (Å²) in [6.07, 6.45) is 10.1. The second kappa shape index (κ2) is 7.77. The van der Waals surface area contributed by atoms with E-state index in [0.717, 1.165) is 25.7 Å². The highest BCUT2D eigenvalue weighted by molar-refractivity contribution is 5.77. The van der Waals surface area contributed by atoms with Crippen LogP contribution in [0.4, 0.5) is 0 Å². The number of unbranched alkanes of at least 4 members (excludes halogenated alkanes) is 1. The van der Waals surface area contributed by atoms with Gasteiger partial charge in [-0.05, 0) is 12.3 Å². The number of aliphatic hydroxyl groups excluding tert-OH is 2. The summed E-state index contributed by atoms with van der Waals surface area (Å²) in [4.78, 5) is 14.4. The van der Waals surface area contributed by atoms with E-state index in [2.05, 4.69) is 28.8 Å². The number of aromatic nitrogens is 2. The summed E-state index contributed by atoms with van der Waals surface area (Å²) in [6.45, 7) is 4.94. The van der Waals surface area contributed by atoms with Crippen molar-refractivity contribution in [1.82, 2.24) is 14.9 Å². The fraction of sp³-hybridized carbons (Fsp3) is 0.562. The zero-order chi connectivity index (χ0) is 15.9. The lowest BCUT2D eigenvalue weighted by atomic mass is 9.98. The fourth-order valence-electron chi connectivity index (χ4n) is 2.60. The minimum atomic E-state index is -0.444. The van der Waals surface area contributed by atoms with Gasteiger partial charge in [0.15, 0.2) is 11.9 Å². The van der Waals surface area contributed by atoms with Crippen molar-refractivity contribution in [3.8, 4) is 0 Å². The van der Waals surface area contributed by atoms with Gasteiger partial charge in [0.1, 0.15) is 5.69 Å². The van der Waals surface area contributed by atoms with Crippen molar-refractivity contribution in [2.45, 2.75) is 45.7 Å². The molecule has 120 valence electrons. The van der Waals surface area contributed by atoms with Gasteiger partial charge in [-0.25, -0.2) is 0 Å². The highest BCUT2D eigenvalue weighted by atomic mass is 16.3. The van der Waals surface area contributed by atoms with Crippen molar-refractivity contribution in [2.24, 2.45) is 10.9 Å². The van der Waals surface area contributed by atoms with Crippen LogP contribution in [0.3, 0.4) is 0 Å². The summed E-state index contributed by atoms with van der Waals surface area (Å²) in [6, 6.07) is 0. The number of hydrogen-bond donors (Lipinski definition) is 2. The third-order valence-corrected chi connectivity index (χ3v) is 3.98. The molecule has 1 aromatic heterocycles. The van der Waals surface area contributed by atoms with E-state index in [1.54, 1.807) is 23.5 Å². The normalized spacial score (nSPS) is 19.5. The Morgan fingerprint density at radius 1 is 1.27 bits per heavy atom. The lowest BCUT2D eigenvalue weighted by Crippen LogP contribution is -2.35. The monoisotopic (exact) mass is 304 g/mol. The molecule has 2 unspecified atom stereocenters. The molecule has 2 N–H and O–H groups in total. The van der Waals surface area contributed by atoms with Gasteiger partial charge in [-0.2, -0.15) is 0 Å². The van der Waals surface area contributed by atoms with E-state index < -0.39 is 6.17 Å². The molecule has 1 aromatic rings. The van der Waals surface area contributed by atoms with Gasteiger partial charge in [0.05, 0.1) is 12.4 Å². The number of aliphatic imine (C=N–C) groups is 1. The van der Waals surface area contributed by atoms with Crippen LogP contribution in [0.2, 0.25) is 0 Å². The molecular formula is C16H24N4O2. The molecule has 1 aliphatic heterocycles. The first-order chi connectivity index (χ1) is 10.7. The second-order valence-electron chi connectivity index (χ2n) is 5.56. The van der Waals surface area contributed by atoms with Crippen LogP contribution in [0.25, 0.3) is 0 Å². The zero-order valence-corrected chi connectivity index (χ0v) is 13.2. The molecule has 22 heavy (non-hydrogen) atoms. The van der Waals surface area contributed by atoms with E-state index in [0.29, 0.717) is 18.2 Å². The van der Waals surface area contributed by atoms with Crippen LogP contribution in [0.1, 0.15) is 51.4 Å². The lowest BCUT2D eigenvalue weighted by molar-refractivity contribution is 0.108. The average molecular weight is 304 g/mol. The van der Waals surface area contributed by atoms with Crippen LogP contribution in [0.15, 0.2) is 35.2 Å². The number of allylic oxidation sites excluding steroid dienone is 1. The molecule has 6 nitrogen and oxygen atoms in total. The standard InChI is InChI=1S/C16H24N4O2/c1-3-5-6-12(4-2)11-20-15(13-9-17-7-8-18-13)19-10-14(21)16(20)22/h7-10,12,15,21-22H,3-6,11H2,1-2H3. The maximum atomic E-state index is 10.3. The Labute approximate surface area is 131 Å². The predicted octanol–water partition coefficient (Wildman–Crippen LogP) is 3.36. The quantitative estimate of drug-likeness (QED) is 0.807. The molecule has 0 fully saturated rings. The Balaban J connectivity index is 2.20. The topological polar surface area (TPSA) is 81.8 Å². The summed E-state index contributed by atoms with van der Waals surface area (Å²) in [7, 11) is 0. The minimum absolute atomic E-state index is 0.138. The maximum Gasteiger partial charge on any atom is 0.234 e. The van der Waals surface area contributed by atoms with Crippen LogP contribution in [0, 0.1) is 5.92 Å². The molecule has 0 saturated heterocycles. The van der Waals surface area contributed by atoms with Gasteiger partial charge >= 0.3 is 0 Å². The molecule has 0 spiro atoms. The lowest BCUT2D eigenvalue weighted by Gasteiger charge is -2.34. The molecule has 2 rings (SSSR count). The maximum absolute atomic E-state index is 10.3. The van der Waals surface area contributed by atoms with E-state index >= 15 is 0 Å². The molecule has 0 saturated carbocycles. The fourth-order valence-corrected chi connectivity index (χ4v) is 2.60. The first kappa shape index (κ1) is 16.3. The first-order valence-corrected chi connectivity index (χ1v) is 7.85. The molecular weight excluding hydrogens is 280 g/mol. The molecule has 2 atom stereocenters. The van der Waals surface area contributed by atoms with Crippen LogP contribution in [0.5, 0.6) is 0 Å². The number of nitrogens with zero attached hydrogens (tertiary/aromatic N) is 4. The van der Waals surface area contributed by atoms with Crippen LogP contribution >= 0.6 is 0 Å². The summed E-state index contributed by atoms with van der Waals surface area (Å²) in [5, 5.41) is 20.0. The Hall–Kier alpha value is -2.11. The molecule has 0 bridgehead atoms. The Bertz CT molecular complexity index is 530. The Kier molecular flexibility index (Phi) is 5.75. The highest BCUT2D eigenvalue weighted by Gasteiger charge is 2.29. The van der Waals surface area contributed by atoms with E-state index in [9.17, 15) is 10.2 Å². The molecule has 0 amide bonds. The summed E-state index contributed by atoms with van der Waals surface area (Å²) >= 11 is 0. The third kappa shape index (κ3) is 3.75. The number of hydrogen-bond acceptors (Lipinski definition) is 6. The van der Waals surface area contributed by atoms with Crippen molar-refractivity contribution in [3.63, 3.8) is 0 Å². The molecule has 6 heteroatoms. The van der Waals surface area contributed by atoms with Crippen LogP contribution in [-0.2, 0) is 0 Å². The predicted molar refractivity (Wildman–Crippen MR) is 85.6 cm³/mol. The van der Waals surface area contributed by atoms with Crippen molar-refractivity contribution in [1.29, 1.82) is 0 Å². The second-order valence-corrected chi connectivity index (χ2v) is 5.56. The highest BCUT2D eigenvalue weighted by Crippen LogP contribution is 2.29. The SMILES string of the molecule is CCCCC(CC)CN1C(O)=C(O)C=NC1c1cnccn1. The minimum Gasteiger partial charge on any atom is -0.502 e. The van der Waals surface area contributed by atoms with Crippen LogP contribution in [-0.4, -0.2) is 37.8 Å². The molecule has 0 aromatic carbocycles. The summed E-state index contributed by atoms with van der Waals surface area (Å²) in [5.74, 6) is 0.0912. The van der Waals surface area contributed by atoms with E-state index in [-0.39, 0.29) is 11.6 Å². The van der Waals surface area contributed by atoms with Crippen LogP contribution < -0.4 is 0 Å². The van der Waals surface area contributed by atoms with Gasteiger partial charge in [-0.3, -0.25) is 15.0 Å². The average Bonchev–Trinajstić information content (AvgIpc) is 2.56. The largest absolute Gasteiger partial charge is 0.502 e. The first-order valence-electron chi connectivity index (χ1n) is 7.85. The molecule has 0 aliphatic carbocycles. The van der Waals surface area contributed by atoms with E-state index in [1.807, 2.05) is 0 Å². The Morgan fingerprint density at radius 2 is 2.09 bits per heavy atom. The van der Waals surface area contributed by atoms with Gasteiger partial charge in [-0.15, -0.1) is 0 Å². The van der Waals surface area contributed by atoms with Gasteiger partial charge < -0.3 is 15.1 Å². The van der Waals surface area contributed by atoms with Gasteiger partial charge in [0.25, 0.3) is 0 Å². The van der Waals surface area contributed by atoms with Crippen molar-refractivity contribution in [3.05, 3.63) is 35.9 Å².